The molecule has 0 radical (unpaired) electrons. The number of hydrogen-bond acceptors (Lipinski definition) is 4. The molecule has 1 aliphatic carbocycles. The Bertz CT molecular complexity index is 255. The van der Waals surface area contributed by atoms with Crippen molar-refractivity contribution in [3.8, 4) is 0 Å². The van der Waals surface area contributed by atoms with Crippen molar-refractivity contribution in [2.45, 2.75) is 44.7 Å². The first-order chi connectivity index (χ1) is 7.39. The molecule has 0 aromatic rings. The molecule has 0 aromatic carbocycles. The Hall–Kier alpha value is -0.610. The van der Waals surface area contributed by atoms with Gasteiger partial charge < -0.3 is 15.4 Å². The molecule has 0 saturated heterocycles. The van der Waals surface area contributed by atoms with Gasteiger partial charge in [0, 0.05) is 12.6 Å². The fourth-order valence-electron chi connectivity index (χ4n) is 2.54. The summed E-state index contributed by atoms with van der Waals surface area (Å²) in [6.07, 6.45) is 2.42. The van der Waals surface area contributed by atoms with Gasteiger partial charge in [0.1, 0.15) is 5.54 Å². The van der Waals surface area contributed by atoms with Gasteiger partial charge in [0.2, 0.25) is 0 Å². The Labute approximate surface area is 98.1 Å². The maximum absolute atomic E-state index is 11.6. The molecule has 4 nitrogen and oxygen atoms in total. The zero-order valence-electron chi connectivity index (χ0n) is 10.8. The van der Waals surface area contributed by atoms with Gasteiger partial charge in [0.25, 0.3) is 0 Å². The van der Waals surface area contributed by atoms with Gasteiger partial charge in [-0.15, -0.1) is 0 Å². The van der Waals surface area contributed by atoms with Crippen LogP contribution >= 0.6 is 0 Å². The summed E-state index contributed by atoms with van der Waals surface area (Å²) in [4.78, 5) is 13.9. The Balaban J connectivity index is 2.54. The molecule has 0 aliphatic heterocycles. The highest BCUT2D eigenvalue weighted by Crippen LogP contribution is 2.31. The van der Waals surface area contributed by atoms with Crippen LogP contribution in [0, 0.1) is 5.92 Å². The number of methoxy groups -OCH3 is 1. The summed E-state index contributed by atoms with van der Waals surface area (Å²) >= 11 is 0. The molecule has 2 N–H and O–H groups in total. The summed E-state index contributed by atoms with van der Waals surface area (Å²) in [7, 11) is 3.51. The molecule has 16 heavy (non-hydrogen) atoms. The second kappa shape index (κ2) is 5.15. The van der Waals surface area contributed by atoms with Crippen LogP contribution in [-0.4, -0.2) is 43.2 Å². The van der Waals surface area contributed by atoms with E-state index in [4.69, 9.17) is 10.5 Å². The van der Waals surface area contributed by atoms with E-state index in [0.29, 0.717) is 18.4 Å². The number of carbonyl (C=O) groups is 1. The van der Waals surface area contributed by atoms with Gasteiger partial charge in [-0.05, 0) is 32.2 Å². The van der Waals surface area contributed by atoms with Crippen LogP contribution in [0.4, 0.5) is 0 Å². The average Bonchev–Trinajstić information content (AvgIpc) is 2.60. The van der Waals surface area contributed by atoms with Crippen LogP contribution in [0.5, 0.6) is 0 Å². The van der Waals surface area contributed by atoms with E-state index in [1.165, 1.54) is 7.11 Å². The van der Waals surface area contributed by atoms with Crippen LogP contribution in [-0.2, 0) is 9.53 Å². The molecule has 4 heteroatoms. The monoisotopic (exact) mass is 228 g/mol. The van der Waals surface area contributed by atoms with Crippen LogP contribution < -0.4 is 5.73 Å². The molecule has 1 aliphatic rings. The van der Waals surface area contributed by atoms with Crippen molar-refractivity contribution < 1.29 is 9.53 Å². The van der Waals surface area contributed by atoms with Crippen LogP contribution in [0.2, 0.25) is 0 Å². The van der Waals surface area contributed by atoms with Crippen molar-refractivity contribution in [3.05, 3.63) is 0 Å². The van der Waals surface area contributed by atoms with Crippen LogP contribution in [0.1, 0.15) is 33.1 Å². The average molecular weight is 228 g/mol. The largest absolute Gasteiger partial charge is 0.468 e. The van der Waals surface area contributed by atoms with E-state index in [1.807, 2.05) is 0 Å². The lowest BCUT2D eigenvalue weighted by atomic mass is 9.99. The van der Waals surface area contributed by atoms with Gasteiger partial charge in [-0.25, -0.2) is 0 Å². The normalized spacial score (nSPS) is 30.1. The maximum atomic E-state index is 11.6. The van der Waals surface area contributed by atoms with E-state index in [1.54, 1.807) is 0 Å². The lowest BCUT2D eigenvalue weighted by Gasteiger charge is -2.27. The molecule has 1 rings (SSSR count). The number of nitrogens with zero attached hydrogens (tertiary/aromatic N) is 1. The van der Waals surface area contributed by atoms with E-state index in [2.05, 4.69) is 25.8 Å². The standard InChI is InChI=1S/C12H24N2O2/c1-9(2)8-14(3)10-5-6-12(13,7-10)11(15)16-4/h9-10H,5-8,13H2,1-4H3. The summed E-state index contributed by atoms with van der Waals surface area (Å²) in [6.45, 7) is 5.44. The molecular formula is C12H24N2O2. The summed E-state index contributed by atoms with van der Waals surface area (Å²) in [5, 5.41) is 0. The van der Waals surface area contributed by atoms with E-state index >= 15 is 0 Å². The predicted molar refractivity (Wildman–Crippen MR) is 64.0 cm³/mol. The number of nitrogens with two attached hydrogens (primary N) is 1. The van der Waals surface area contributed by atoms with Crippen molar-refractivity contribution in [2.75, 3.05) is 20.7 Å². The Morgan fingerprint density at radius 3 is 2.75 bits per heavy atom. The third-order valence-electron chi connectivity index (χ3n) is 3.39. The highest BCUT2D eigenvalue weighted by atomic mass is 16.5. The Morgan fingerprint density at radius 1 is 1.62 bits per heavy atom. The zero-order valence-corrected chi connectivity index (χ0v) is 10.8. The number of esters is 1. The quantitative estimate of drug-likeness (QED) is 0.729. The number of ether oxygens (including phenoxy) is 1. The van der Waals surface area contributed by atoms with Gasteiger partial charge in [-0.2, -0.15) is 0 Å². The first kappa shape index (κ1) is 13.5. The van der Waals surface area contributed by atoms with Gasteiger partial charge in [-0.3, -0.25) is 4.79 Å². The van der Waals surface area contributed by atoms with E-state index in [-0.39, 0.29) is 5.97 Å². The molecule has 2 atom stereocenters. The van der Waals surface area contributed by atoms with Crippen molar-refractivity contribution in [1.29, 1.82) is 0 Å². The zero-order chi connectivity index (χ0) is 12.3. The van der Waals surface area contributed by atoms with Gasteiger partial charge in [-0.1, -0.05) is 13.8 Å². The minimum absolute atomic E-state index is 0.270. The van der Waals surface area contributed by atoms with Gasteiger partial charge in [0.15, 0.2) is 0 Å². The summed E-state index contributed by atoms with van der Waals surface area (Å²) in [5.74, 6) is 0.365. The Morgan fingerprint density at radius 2 is 2.25 bits per heavy atom. The lowest BCUT2D eigenvalue weighted by Crippen LogP contribution is -2.48. The molecule has 2 unspecified atom stereocenters. The van der Waals surface area contributed by atoms with E-state index in [9.17, 15) is 4.79 Å². The minimum atomic E-state index is -0.759. The van der Waals surface area contributed by atoms with E-state index < -0.39 is 5.54 Å². The number of rotatable bonds is 4. The SMILES string of the molecule is COC(=O)C1(N)CCC(N(C)CC(C)C)C1. The predicted octanol–water partition coefficient (Wildman–Crippen LogP) is 0.997. The molecule has 1 saturated carbocycles. The molecule has 0 bridgehead atoms. The third-order valence-corrected chi connectivity index (χ3v) is 3.39. The van der Waals surface area contributed by atoms with Gasteiger partial charge >= 0.3 is 5.97 Å². The second-order valence-electron chi connectivity index (χ2n) is 5.38. The molecule has 94 valence electrons. The highest BCUT2D eigenvalue weighted by molar-refractivity contribution is 5.81. The first-order valence-corrected chi connectivity index (χ1v) is 5.96. The molecule has 1 fully saturated rings. The topological polar surface area (TPSA) is 55.6 Å². The molecule has 0 spiro atoms. The number of carbonyl (C=O) groups excluding carboxylic acids is 1. The van der Waals surface area contributed by atoms with Crippen molar-refractivity contribution in [3.63, 3.8) is 0 Å². The van der Waals surface area contributed by atoms with Crippen LogP contribution in [0.15, 0.2) is 0 Å². The molecule has 0 aromatic heterocycles. The van der Waals surface area contributed by atoms with Crippen LogP contribution in [0.25, 0.3) is 0 Å². The molecular weight excluding hydrogens is 204 g/mol. The number of hydrogen-bond donors (Lipinski definition) is 1. The Kier molecular flexibility index (Phi) is 4.33. The lowest BCUT2D eigenvalue weighted by molar-refractivity contribution is -0.146. The van der Waals surface area contributed by atoms with Gasteiger partial charge in [0.05, 0.1) is 7.11 Å². The fraction of sp³-hybridized carbons (Fsp3) is 0.917. The van der Waals surface area contributed by atoms with Crippen molar-refractivity contribution >= 4 is 5.97 Å². The molecule has 0 amide bonds. The van der Waals surface area contributed by atoms with Crippen molar-refractivity contribution in [2.24, 2.45) is 11.7 Å². The fourth-order valence-corrected chi connectivity index (χ4v) is 2.54. The summed E-state index contributed by atoms with van der Waals surface area (Å²) in [5.41, 5.74) is 5.31. The minimum Gasteiger partial charge on any atom is -0.468 e. The molecule has 0 heterocycles. The third kappa shape index (κ3) is 2.95. The summed E-state index contributed by atoms with van der Waals surface area (Å²) < 4.78 is 4.76. The highest BCUT2D eigenvalue weighted by Gasteiger charge is 2.44. The smallest absolute Gasteiger partial charge is 0.325 e. The second-order valence-corrected chi connectivity index (χ2v) is 5.38. The van der Waals surface area contributed by atoms with Crippen LogP contribution in [0.3, 0.4) is 0 Å². The van der Waals surface area contributed by atoms with E-state index in [0.717, 1.165) is 19.4 Å². The first-order valence-electron chi connectivity index (χ1n) is 5.96. The maximum Gasteiger partial charge on any atom is 0.325 e. The van der Waals surface area contributed by atoms with Crippen molar-refractivity contribution in [1.82, 2.24) is 4.90 Å². The summed E-state index contributed by atoms with van der Waals surface area (Å²) in [6, 6.07) is 0.409.